The molecule has 1 atom stereocenters. The number of aryl methyl sites for hydroxylation is 1. The highest BCUT2D eigenvalue weighted by Crippen LogP contribution is 2.29. The number of ether oxygens (including phenoxy) is 1. The van der Waals surface area contributed by atoms with Crippen molar-refractivity contribution in [3.05, 3.63) is 106 Å². The molecule has 0 saturated heterocycles. The number of hydrogen-bond donors (Lipinski definition) is 2. The number of hydrogen-bond acceptors (Lipinski definition) is 6. The van der Waals surface area contributed by atoms with E-state index in [0.29, 0.717) is 60.1 Å². The minimum absolute atomic E-state index is 0.119. The molecule has 5 rings (SSSR count). The van der Waals surface area contributed by atoms with Gasteiger partial charge < -0.3 is 25.0 Å². The van der Waals surface area contributed by atoms with Crippen LogP contribution in [-0.2, 0) is 24.2 Å². The van der Waals surface area contributed by atoms with Gasteiger partial charge in [0.05, 0.1) is 37.4 Å². The quantitative estimate of drug-likeness (QED) is 0.171. The van der Waals surface area contributed by atoms with E-state index in [0.717, 1.165) is 42.4 Å². The fourth-order valence-corrected chi connectivity index (χ4v) is 6.28. The Bertz CT molecular complexity index is 1780. The highest BCUT2D eigenvalue weighted by Gasteiger charge is 2.32. The highest BCUT2D eigenvalue weighted by molar-refractivity contribution is 6.01. The molecule has 4 aromatic rings. The molecule has 2 N–H and O–H groups in total. The van der Waals surface area contributed by atoms with Crippen LogP contribution in [0.5, 0.6) is 5.75 Å². The number of benzene rings is 3. The van der Waals surface area contributed by atoms with Crippen molar-refractivity contribution < 1.29 is 24.2 Å². The maximum Gasteiger partial charge on any atom is 0.274 e. The van der Waals surface area contributed by atoms with Crippen molar-refractivity contribution in [2.24, 2.45) is 0 Å². The minimum atomic E-state index is -0.428. The fourth-order valence-electron chi connectivity index (χ4n) is 6.28. The Morgan fingerprint density at radius 2 is 1.69 bits per heavy atom. The van der Waals surface area contributed by atoms with Crippen LogP contribution in [-0.4, -0.2) is 75.3 Å². The number of fused-ring (bicyclic) bond motifs is 1. The lowest BCUT2D eigenvalue weighted by Crippen LogP contribution is -2.46. The largest absolute Gasteiger partial charge is 0.497 e. The summed E-state index contributed by atoms with van der Waals surface area (Å²) >= 11 is 0. The number of aliphatic hydroxyl groups excluding tert-OH is 1. The van der Waals surface area contributed by atoms with Crippen LogP contribution in [0.2, 0.25) is 0 Å². The molecule has 3 amide bonds. The molecular weight excluding hydrogens is 618 g/mol. The van der Waals surface area contributed by atoms with Gasteiger partial charge in [-0.15, -0.1) is 0 Å². The highest BCUT2D eigenvalue weighted by atomic mass is 16.5. The zero-order chi connectivity index (χ0) is 34.9. The molecule has 0 aliphatic carbocycles. The third-order valence-electron chi connectivity index (χ3n) is 9.02. The van der Waals surface area contributed by atoms with E-state index in [4.69, 9.17) is 9.84 Å². The van der Waals surface area contributed by atoms with E-state index in [1.807, 2.05) is 60.4 Å². The number of carbonyl (C=O) groups excluding carboxylic acids is 3. The summed E-state index contributed by atoms with van der Waals surface area (Å²) in [6.07, 6.45) is 4.41. The Morgan fingerprint density at radius 1 is 0.959 bits per heavy atom. The average molecular weight is 666 g/mol. The molecule has 10 heteroatoms. The number of methoxy groups -OCH3 is 1. The summed E-state index contributed by atoms with van der Waals surface area (Å²) in [7, 11) is 1.58. The molecule has 0 radical (unpaired) electrons. The van der Waals surface area contributed by atoms with Crippen molar-refractivity contribution in [1.29, 1.82) is 0 Å². The Morgan fingerprint density at radius 3 is 2.39 bits per heavy atom. The van der Waals surface area contributed by atoms with Crippen LogP contribution in [0.15, 0.2) is 72.8 Å². The number of nitrogens with one attached hydrogen (secondary N) is 1. The summed E-state index contributed by atoms with van der Waals surface area (Å²) in [6, 6.07) is 21.7. The molecule has 0 fully saturated rings. The topological polar surface area (TPSA) is 117 Å². The monoisotopic (exact) mass is 665 g/mol. The summed E-state index contributed by atoms with van der Waals surface area (Å²) in [5, 5.41) is 18.1. The second kappa shape index (κ2) is 16.4. The Labute approximate surface area is 288 Å². The zero-order valence-corrected chi connectivity index (χ0v) is 28.9. The molecule has 1 unspecified atom stereocenters. The first-order valence-corrected chi connectivity index (χ1v) is 17.2. The van der Waals surface area contributed by atoms with Crippen LogP contribution < -0.4 is 10.1 Å². The molecule has 258 valence electrons. The van der Waals surface area contributed by atoms with E-state index in [1.54, 1.807) is 41.0 Å². The second-order valence-electron chi connectivity index (χ2n) is 12.6. The van der Waals surface area contributed by atoms with Gasteiger partial charge in [0.25, 0.3) is 11.8 Å². The van der Waals surface area contributed by atoms with E-state index in [1.165, 1.54) is 0 Å². The Kier molecular flexibility index (Phi) is 11.9. The summed E-state index contributed by atoms with van der Waals surface area (Å²) < 4.78 is 6.93. The van der Waals surface area contributed by atoms with E-state index < -0.39 is 6.04 Å². The molecule has 1 aliphatic rings. The number of rotatable bonds is 14. The predicted octanol–water partition coefficient (Wildman–Crippen LogP) is 5.97. The lowest BCUT2D eigenvalue weighted by Gasteiger charge is -2.36. The molecular formula is C39H47N5O5. The fraction of sp³-hybridized carbons (Fsp3) is 0.385. The summed E-state index contributed by atoms with van der Waals surface area (Å²) in [5.74, 6) is -0.0221. The molecule has 0 bridgehead atoms. The van der Waals surface area contributed by atoms with E-state index >= 15 is 0 Å². The van der Waals surface area contributed by atoms with E-state index in [-0.39, 0.29) is 30.7 Å². The smallest absolute Gasteiger partial charge is 0.274 e. The lowest BCUT2D eigenvalue weighted by atomic mass is 9.93. The zero-order valence-electron chi connectivity index (χ0n) is 28.9. The number of unbranched alkanes of at least 4 members (excludes halogenated alkanes) is 2. The third-order valence-corrected chi connectivity index (χ3v) is 9.02. The van der Waals surface area contributed by atoms with E-state index in [2.05, 4.69) is 19.2 Å². The molecule has 49 heavy (non-hydrogen) atoms. The summed E-state index contributed by atoms with van der Waals surface area (Å²) in [6.45, 7) is 7.52. The van der Waals surface area contributed by atoms with Gasteiger partial charge in [-0.2, -0.15) is 5.10 Å². The lowest BCUT2D eigenvalue weighted by molar-refractivity contribution is -0.115. The predicted molar refractivity (Wildman–Crippen MR) is 190 cm³/mol. The molecule has 1 aromatic heterocycles. The second-order valence-corrected chi connectivity index (χ2v) is 12.6. The maximum atomic E-state index is 14.5. The van der Waals surface area contributed by atoms with Gasteiger partial charge in [0.15, 0.2) is 5.69 Å². The van der Waals surface area contributed by atoms with Crippen LogP contribution in [0, 0.1) is 6.92 Å². The van der Waals surface area contributed by atoms with Crippen LogP contribution in [0.1, 0.15) is 82.8 Å². The molecule has 0 saturated carbocycles. The number of carbonyl (C=O) groups is 3. The van der Waals surface area contributed by atoms with Gasteiger partial charge in [-0.25, -0.2) is 4.68 Å². The standard InChI is InChI=1S/C39H47N5O5/c1-5-7-18-42(19-8-6-2)39(48)35-20-27(3)44(41-35)36-17-16-31(40-37(46)22-28-12-11-15-33(21-28)49-4)24-34(36)38(47)43-25-30-14-10-9-13-29(30)23-32(43)26-45/h9-17,20-21,24,32,45H,5-8,18-19,22-23,25-26H2,1-4H3,(H,40,46). The van der Waals surface area contributed by atoms with Gasteiger partial charge in [0.2, 0.25) is 5.91 Å². The van der Waals surface area contributed by atoms with Crippen molar-refractivity contribution >= 4 is 23.4 Å². The first kappa shape index (κ1) is 35.3. The third kappa shape index (κ3) is 8.37. The van der Waals surface area contributed by atoms with Crippen LogP contribution in [0.25, 0.3) is 5.69 Å². The van der Waals surface area contributed by atoms with Gasteiger partial charge in [-0.3, -0.25) is 14.4 Å². The summed E-state index contributed by atoms with van der Waals surface area (Å²) in [4.78, 5) is 44.9. The van der Waals surface area contributed by atoms with Crippen molar-refractivity contribution in [2.45, 2.75) is 71.9 Å². The Balaban J connectivity index is 1.51. The summed E-state index contributed by atoms with van der Waals surface area (Å²) in [5.41, 5.74) is 5.16. The van der Waals surface area contributed by atoms with Crippen LogP contribution in [0.4, 0.5) is 5.69 Å². The van der Waals surface area contributed by atoms with Crippen molar-refractivity contribution in [3.63, 3.8) is 0 Å². The molecule has 10 nitrogen and oxygen atoms in total. The minimum Gasteiger partial charge on any atom is -0.497 e. The van der Waals surface area contributed by atoms with Crippen molar-refractivity contribution in [3.8, 4) is 11.4 Å². The maximum absolute atomic E-state index is 14.5. The SMILES string of the molecule is CCCCN(CCCC)C(=O)c1cc(C)n(-c2ccc(NC(=O)Cc3cccc(OC)c3)cc2C(=O)N2Cc3ccccc3CC2CO)n1. The number of nitrogens with zero attached hydrogens (tertiary/aromatic N) is 4. The number of amides is 3. The van der Waals surface area contributed by atoms with Crippen LogP contribution >= 0.6 is 0 Å². The number of aliphatic hydroxyl groups is 1. The number of aromatic nitrogens is 2. The first-order chi connectivity index (χ1) is 23.8. The molecule has 2 heterocycles. The van der Waals surface area contributed by atoms with Crippen LogP contribution in [0.3, 0.4) is 0 Å². The van der Waals surface area contributed by atoms with Crippen molar-refractivity contribution in [2.75, 3.05) is 32.1 Å². The van der Waals surface area contributed by atoms with Gasteiger partial charge in [-0.1, -0.05) is 63.1 Å². The average Bonchev–Trinajstić information content (AvgIpc) is 3.51. The first-order valence-electron chi connectivity index (χ1n) is 17.2. The van der Waals surface area contributed by atoms with Gasteiger partial charge in [0, 0.05) is 31.0 Å². The van der Waals surface area contributed by atoms with Gasteiger partial charge >= 0.3 is 0 Å². The molecule has 3 aromatic carbocycles. The van der Waals surface area contributed by atoms with Gasteiger partial charge in [0.1, 0.15) is 5.75 Å². The van der Waals surface area contributed by atoms with Crippen molar-refractivity contribution in [1.82, 2.24) is 19.6 Å². The molecule has 0 spiro atoms. The molecule has 1 aliphatic heterocycles. The normalized spacial score (nSPS) is 13.9. The van der Waals surface area contributed by atoms with Gasteiger partial charge in [-0.05, 0) is 79.3 Å². The Hall–Kier alpha value is -4.96. The number of anilines is 1. The van der Waals surface area contributed by atoms with E-state index in [9.17, 15) is 19.5 Å².